The second-order valence-electron chi connectivity index (χ2n) is 3.27. The van der Waals surface area contributed by atoms with Gasteiger partial charge < -0.3 is 11.1 Å². The zero-order valence-electron chi connectivity index (χ0n) is 9.04. The van der Waals surface area contributed by atoms with E-state index in [4.69, 9.17) is 5.73 Å². The Balaban J connectivity index is 2.12. The van der Waals surface area contributed by atoms with Crippen molar-refractivity contribution in [3.05, 3.63) is 29.8 Å². The molecule has 1 aromatic heterocycles. The number of rotatable bonds is 3. The lowest BCUT2D eigenvalue weighted by molar-refractivity contribution is 0.102. The molecule has 0 aliphatic heterocycles. The van der Waals surface area contributed by atoms with Crippen LogP contribution in [0.5, 0.6) is 0 Å². The van der Waals surface area contributed by atoms with Crippen LogP contribution in [0.4, 0.5) is 16.4 Å². The zero-order chi connectivity index (χ0) is 13.0. The summed E-state index contributed by atoms with van der Waals surface area (Å²) in [4.78, 5) is 22.5. The van der Waals surface area contributed by atoms with Gasteiger partial charge in [0.2, 0.25) is 5.95 Å². The van der Waals surface area contributed by atoms with Gasteiger partial charge in [-0.25, -0.2) is 9.89 Å². The van der Waals surface area contributed by atoms with E-state index < -0.39 is 11.9 Å². The third kappa shape index (κ3) is 2.78. The minimum absolute atomic E-state index is 0.133. The summed E-state index contributed by atoms with van der Waals surface area (Å²) in [6.07, 6.45) is 0. The Bertz CT molecular complexity index is 566. The standard InChI is InChI=1S/C9H9N7O2/c10-8(18)11-6-3-1-2-5(4-6)7(17)12-9-13-15-16-14-9/h1-4H,(H3,10,11,18)(H2,12,13,14,15,16,17). The van der Waals surface area contributed by atoms with Gasteiger partial charge in [-0.2, -0.15) is 0 Å². The van der Waals surface area contributed by atoms with Crippen molar-refractivity contribution in [1.29, 1.82) is 0 Å². The predicted octanol–water partition coefficient (Wildman–Crippen LogP) is -0.0574. The van der Waals surface area contributed by atoms with Crippen molar-refractivity contribution in [1.82, 2.24) is 20.6 Å². The summed E-state index contributed by atoms with van der Waals surface area (Å²) in [6.45, 7) is 0. The number of urea groups is 1. The Labute approximate surface area is 101 Å². The van der Waals surface area contributed by atoms with Gasteiger partial charge in [-0.05, 0) is 28.6 Å². The third-order valence-electron chi connectivity index (χ3n) is 1.97. The summed E-state index contributed by atoms with van der Waals surface area (Å²) in [6, 6.07) is 5.57. The number of tetrazole rings is 1. The number of anilines is 2. The number of nitrogens with one attached hydrogen (secondary N) is 3. The molecule has 2 rings (SSSR count). The number of hydrogen-bond donors (Lipinski definition) is 4. The van der Waals surface area contributed by atoms with Crippen molar-refractivity contribution in [2.45, 2.75) is 0 Å². The largest absolute Gasteiger partial charge is 0.351 e. The quantitative estimate of drug-likeness (QED) is 0.601. The second-order valence-corrected chi connectivity index (χ2v) is 3.27. The van der Waals surface area contributed by atoms with Crippen LogP contribution >= 0.6 is 0 Å². The molecule has 9 heteroatoms. The maximum atomic E-state index is 11.8. The zero-order valence-corrected chi connectivity index (χ0v) is 9.04. The molecule has 0 saturated heterocycles. The first kappa shape index (κ1) is 11.5. The third-order valence-corrected chi connectivity index (χ3v) is 1.97. The van der Waals surface area contributed by atoms with Crippen LogP contribution in [0, 0.1) is 0 Å². The van der Waals surface area contributed by atoms with E-state index in [1.54, 1.807) is 18.2 Å². The number of hydrogen-bond acceptors (Lipinski definition) is 5. The fraction of sp³-hybridized carbons (Fsp3) is 0. The highest BCUT2D eigenvalue weighted by molar-refractivity contribution is 6.04. The summed E-state index contributed by atoms with van der Waals surface area (Å²) in [5, 5.41) is 17.4. The average Bonchev–Trinajstić information content (AvgIpc) is 2.81. The van der Waals surface area contributed by atoms with Gasteiger partial charge in [-0.1, -0.05) is 11.2 Å². The van der Waals surface area contributed by atoms with E-state index in [1.807, 2.05) is 0 Å². The number of aromatic amines is 1. The van der Waals surface area contributed by atoms with E-state index >= 15 is 0 Å². The Kier molecular flexibility index (Phi) is 3.14. The fourth-order valence-corrected chi connectivity index (χ4v) is 1.27. The van der Waals surface area contributed by atoms with Gasteiger partial charge >= 0.3 is 6.03 Å². The number of nitrogens with zero attached hydrogens (tertiary/aromatic N) is 3. The molecule has 18 heavy (non-hydrogen) atoms. The van der Waals surface area contributed by atoms with Gasteiger partial charge in [0.25, 0.3) is 5.91 Å². The maximum absolute atomic E-state index is 11.8. The average molecular weight is 247 g/mol. The van der Waals surface area contributed by atoms with Gasteiger partial charge in [0.15, 0.2) is 0 Å². The summed E-state index contributed by atoms with van der Waals surface area (Å²) >= 11 is 0. The molecule has 2 aromatic rings. The summed E-state index contributed by atoms with van der Waals surface area (Å²) < 4.78 is 0. The van der Waals surface area contributed by atoms with Crippen molar-refractivity contribution in [2.24, 2.45) is 5.73 Å². The Morgan fingerprint density at radius 3 is 2.78 bits per heavy atom. The number of benzene rings is 1. The van der Waals surface area contributed by atoms with Crippen LogP contribution in [0.2, 0.25) is 0 Å². The van der Waals surface area contributed by atoms with Crippen LogP contribution in [-0.2, 0) is 0 Å². The van der Waals surface area contributed by atoms with Gasteiger partial charge in [0.1, 0.15) is 0 Å². The molecule has 0 unspecified atom stereocenters. The number of primary amides is 1. The Morgan fingerprint density at radius 1 is 1.28 bits per heavy atom. The molecule has 0 spiro atoms. The molecule has 0 radical (unpaired) electrons. The van der Waals surface area contributed by atoms with Gasteiger partial charge in [0, 0.05) is 11.3 Å². The molecule has 1 aromatic carbocycles. The molecule has 92 valence electrons. The molecule has 0 fully saturated rings. The lowest BCUT2D eigenvalue weighted by atomic mass is 10.2. The molecular weight excluding hydrogens is 238 g/mol. The van der Waals surface area contributed by atoms with E-state index in [0.29, 0.717) is 11.3 Å². The molecule has 0 bridgehead atoms. The maximum Gasteiger partial charge on any atom is 0.316 e. The molecule has 3 amide bonds. The second kappa shape index (κ2) is 4.91. The van der Waals surface area contributed by atoms with Crippen LogP contribution in [0.15, 0.2) is 24.3 Å². The number of carbonyl (C=O) groups excluding carboxylic acids is 2. The lowest BCUT2D eigenvalue weighted by Crippen LogP contribution is -2.20. The first-order chi connectivity index (χ1) is 8.65. The smallest absolute Gasteiger partial charge is 0.316 e. The lowest BCUT2D eigenvalue weighted by Gasteiger charge is -2.04. The molecule has 0 saturated carbocycles. The highest BCUT2D eigenvalue weighted by Gasteiger charge is 2.09. The van der Waals surface area contributed by atoms with Crippen LogP contribution in [0.25, 0.3) is 0 Å². The number of carbonyl (C=O) groups is 2. The minimum Gasteiger partial charge on any atom is -0.351 e. The highest BCUT2D eigenvalue weighted by atomic mass is 16.2. The summed E-state index contributed by atoms with van der Waals surface area (Å²) in [5.74, 6) is -0.282. The molecule has 1 heterocycles. The SMILES string of the molecule is NC(=O)Nc1cccc(C(=O)Nc2nnn[nH]2)c1. The fourth-order valence-electron chi connectivity index (χ4n) is 1.27. The Morgan fingerprint density at radius 2 is 2.11 bits per heavy atom. The molecule has 0 aliphatic rings. The van der Waals surface area contributed by atoms with E-state index in [-0.39, 0.29) is 5.95 Å². The van der Waals surface area contributed by atoms with Crippen LogP contribution in [0.3, 0.4) is 0 Å². The summed E-state index contributed by atoms with van der Waals surface area (Å²) in [5.41, 5.74) is 5.73. The van der Waals surface area contributed by atoms with Crippen molar-refractivity contribution in [3.8, 4) is 0 Å². The highest BCUT2D eigenvalue weighted by Crippen LogP contribution is 2.11. The van der Waals surface area contributed by atoms with E-state index in [2.05, 4.69) is 31.3 Å². The number of H-pyrrole nitrogens is 1. The molecule has 5 N–H and O–H groups in total. The number of aromatic nitrogens is 4. The van der Waals surface area contributed by atoms with Crippen molar-refractivity contribution >= 4 is 23.6 Å². The topological polar surface area (TPSA) is 139 Å². The van der Waals surface area contributed by atoms with Gasteiger partial charge in [-0.15, -0.1) is 0 Å². The first-order valence-electron chi connectivity index (χ1n) is 4.87. The summed E-state index contributed by atoms with van der Waals surface area (Å²) in [7, 11) is 0. The van der Waals surface area contributed by atoms with E-state index in [1.165, 1.54) is 6.07 Å². The first-order valence-corrected chi connectivity index (χ1v) is 4.87. The minimum atomic E-state index is -0.702. The molecule has 0 atom stereocenters. The van der Waals surface area contributed by atoms with Crippen LogP contribution < -0.4 is 16.4 Å². The van der Waals surface area contributed by atoms with Crippen molar-refractivity contribution in [2.75, 3.05) is 10.6 Å². The van der Waals surface area contributed by atoms with Gasteiger partial charge in [0.05, 0.1) is 0 Å². The molecule has 9 nitrogen and oxygen atoms in total. The Hall–Kier alpha value is -2.97. The van der Waals surface area contributed by atoms with E-state index in [9.17, 15) is 9.59 Å². The number of nitrogens with two attached hydrogens (primary N) is 1. The van der Waals surface area contributed by atoms with Crippen LogP contribution in [-0.4, -0.2) is 32.6 Å². The predicted molar refractivity (Wildman–Crippen MR) is 61.8 cm³/mol. The number of amides is 3. The van der Waals surface area contributed by atoms with E-state index in [0.717, 1.165) is 0 Å². The molecule has 0 aliphatic carbocycles. The molecular formula is C9H9N7O2. The normalized spacial score (nSPS) is 9.78. The van der Waals surface area contributed by atoms with Gasteiger partial charge in [-0.3, -0.25) is 10.1 Å². The van der Waals surface area contributed by atoms with Crippen molar-refractivity contribution in [3.63, 3.8) is 0 Å². The van der Waals surface area contributed by atoms with Crippen molar-refractivity contribution < 1.29 is 9.59 Å². The monoisotopic (exact) mass is 247 g/mol. The van der Waals surface area contributed by atoms with Crippen LogP contribution in [0.1, 0.15) is 10.4 Å².